The van der Waals surface area contributed by atoms with Gasteiger partial charge in [-0.25, -0.2) is 9.59 Å². The van der Waals surface area contributed by atoms with Gasteiger partial charge in [-0.1, -0.05) is 0 Å². The van der Waals surface area contributed by atoms with Crippen molar-refractivity contribution in [1.82, 2.24) is 9.78 Å². The van der Waals surface area contributed by atoms with Crippen molar-refractivity contribution in [2.75, 3.05) is 18.5 Å². The monoisotopic (exact) mass is 433 g/mol. The summed E-state index contributed by atoms with van der Waals surface area (Å²) in [6.07, 6.45) is -4.69. The van der Waals surface area contributed by atoms with E-state index in [9.17, 15) is 27.6 Å². The van der Waals surface area contributed by atoms with Crippen LogP contribution in [0, 0.1) is 6.92 Å². The summed E-state index contributed by atoms with van der Waals surface area (Å²) >= 11 is 0.764. The van der Waals surface area contributed by atoms with E-state index in [0.717, 1.165) is 18.4 Å². The van der Waals surface area contributed by atoms with E-state index in [0.29, 0.717) is 10.7 Å². The zero-order chi connectivity index (χ0) is 21.9. The largest absolute Gasteiger partial charge is 0.462 e. The van der Waals surface area contributed by atoms with Gasteiger partial charge in [0.05, 0.1) is 18.8 Å². The summed E-state index contributed by atoms with van der Waals surface area (Å²) in [7, 11) is 1.05. The number of amides is 1. The zero-order valence-electron chi connectivity index (χ0n) is 16.0. The molecule has 0 aliphatic rings. The molecule has 0 saturated carbocycles. The van der Waals surface area contributed by atoms with Gasteiger partial charge in [-0.2, -0.15) is 18.3 Å². The maximum atomic E-state index is 12.9. The summed E-state index contributed by atoms with van der Waals surface area (Å²) in [5.74, 6) is -2.46. The predicted molar refractivity (Wildman–Crippen MR) is 97.1 cm³/mol. The molecule has 2 heterocycles. The van der Waals surface area contributed by atoms with E-state index in [1.165, 1.54) is 6.92 Å². The third kappa shape index (κ3) is 4.75. The van der Waals surface area contributed by atoms with Crippen LogP contribution >= 0.6 is 11.3 Å². The van der Waals surface area contributed by atoms with Crippen LogP contribution in [0.25, 0.3) is 0 Å². The van der Waals surface area contributed by atoms with Gasteiger partial charge in [0.25, 0.3) is 5.91 Å². The number of ether oxygens (including phenoxy) is 2. The lowest BCUT2D eigenvalue weighted by Crippen LogP contribution is -2.15. The molecule has 0 saturated heterocycles. The Kier molecular flexibility index (Phi) is 6.67. The highest BCUT2D eigenvalue weighted by molar-refractivity contribution is 7.18. The maximum absolute atomic E-state index is 12.9. The van der Waals surface area contributed by atoms with Crippen LogP contribution in [0.2, 0.25) is 0 Å². The molecule has 2 rings (SSSR count). The molecule has 0 bridgehead atoms. The van der Waals surface area contributed by atoms with Crippen molar-refractivity contribution in [3.8, 4) is 0 Å². The number of anilines is 1. The molecule has 8 nitrogen and oxygen atoms in total. The topological polar surface area (TPSA) is 99.5 Å². The molecule has 1 amide bonds. The Hall–Kier alpha value is -2.89. The van der Waals surface area contributed by atoms with E-state index in [1.54, 1.807) is 13.8 Å². The summed E-state index contributed by atoms with van der Waals surface area (Å²) in [6, 6.07) is 0.589. The van der Waals surface area contributed by atoms with Crippen LogP contribution in [0.1, 0.15) is 55.6 Å². The summed E-state index contributed by atoms with van der Waals surface area (Å²) in [6.45, 7) is 4.81. The molecule has 2 aromatic heterocycles. The van der Waals surface area contributed by atoms with Crippen LogP contribution in [0.4, 0.5) is 18.2 Å². The van der Waals surface area contributed by atoms with E-state index in [-0.39, 0.29) is 34.2 Å². The Bertz CT molecular complexity index is 949. The van der Waals surface area contributed by atoms with Gasteiger partial charge in [-0.05, 0) is 26.3 Å². The second-order valence-electron chi connectivity index (χ2n) is 5.69. The number of aryl methyl sites for hydroxylation is 1. The first-order chi connectivity index (χ1) is 13.5. The molecule has 0 spiro atoms. The second kappa shape index (κ2) is 8.64. The van der Waals surface area contributed by atoms with E-state index in [4.69, 9.17) is 9.47 Å². The minimum Gasteiger partial charge on any atom is -0.462 e. The van der Waals surface area contributed by atoms with Crippen LogP contribution in [-0.4, -0.2) is 40.8 Å². The van der Waals surface area contributed by atoms with Crippen molar-refractivity contribution in [3.63, 3.8) is 0 Å². The minimum atomic E-state index is -4.69. The van der Waals surface area contributed by atoms with Gasteiger partial charge < -0.3 is 14.8 Å². The summed E-state index contributed by atoms with van der Waals surface area (Å²) in [5.41, 5.74) is -1.44. The molecule has 0 atom stereocenters. The van der Waals surface area contributed by atoms with Gasteiger partial charge in [0.1, 0.15) is 15.6 Å². The van der Waals surface area contributed by atoms with Gasteiger partial charge in [-0.15, -0.1) is 11.3 Å². The Morgan fingerprint density at radius 2 is 1.76 bits per heavy atom. The lowest BCUT2D eigenvalue weighted by Gasteiger charge is -2.06. The third-order valence-corrected chi connectivity index (χ3v) is 4.90. The molecule has 0 aliphatic heterocycles. The Balaban J connectivity index is 2.43. The summed E-state index contributed by atoms with van der Waals surface area (Å²) in [4.78, 5) is 36.9. The number of nitrogens with zero attached hydrogens (tertiary/aromatic N) is 2. The number of halogens is 3. The average molecular weight is 433 g/mol. The molecule has 0 radical (unpaired) electrons. The van der Waals surface area contributed by atoms with Gasteiger partial charge >= 0.3 is 18.1 Å². The molecular formula is C17H18F3N3O5S. The van der Waals surface area contributed by atoms with E-state index >= 15 is 0 Å². The molecule has 29 heavy (non-hydrogen) atoms. The van der Waals surface area contributed by atoms with E-state index in [2.05, 4.69) is 10.4 Å². The van der Waals surface area contributed by atoms with Gasteiger partial charge in [0, 0.05) is 13.1 Å². The Morgan fingerprint density at radius 3 is 2.28 bits per heavy atom. The molecular weight excluding hydrogens is 415 g/mol. The highest BCUT2D eigenvalue weighted by Crippen LogP contribution is 2.35. The number of hydrogen-bond acceptors (Lipinski definition) is 7. The molecule has 158 valence electrons. The van der Waals surface area contributed by atoms with Gasteiger partial charge in [0.2, 0.25) is 0 Å². The molecule has 2 aromatic rings. The highest BCUT2D eigenvalue weighted by atomic mass is 32.1. The van der Waals surface area contributed by atoms with Crippen molar-refractivity contribution in [2.45, 2.75) is 26.9 Å². The molecule has 0 aliphatic carbocycles. The molecule has 0 fully saturated rings. The number of hydrogen-bond donors (Lipinski definition) is 1. The zero-order valence-corrected chi connectivity index (χ0v) is 16.8. The highest BCUT2D eigenvalue weighted by Gasteiger charge is 2.36. The minimum absolute atomic E-state index is 0.0471. The normalized spacial score (nSPS) is 11.3. The van der Waals surface area contributed by atoms with Crippen LogP contribution in [0.3, 0.4) is 0 Å². The van der Waals surface area contributed by atoms with Gasteiger partial charge in [-0.3, -0.25) is 9.48 Å². The average Bonchev–Trinajstić information content (AvgIpc) is 3.15. The standard InChI is InChI=1S/C17H18F3N3O5S/c1-5-27-15(25)11-8(3)12(16(26)28-6-2)29-14(11)21-13(24)9-7-10(17(18,19)20)23(4)22-9/h7H,5-6H2,1-4H3,(H,21,24). The number of nitrogens with one attached hydrogen (secondary N) is 1. The summed E-state index contributed by atoms with van der Waals surface area (Å²) in [5, 5.41) is 5.86. The molecule has 0 aromatic carbocycles. The first-order valence-corrected chi connectivity index (χ1v) is 9.23. The fraction of sp³-hybridized carbons (Fsp3) is 0.412. The van der Waals surface area contributed by atoms with Crippen molar-refractivity contribution in [1.29, 1.82) is 0 Å². The van der Waals surface area contributed by atoms with Crippen LogP contribution in [0.5, 0.6) is 0 Å². The van der Waals surface area contributed by atoms with Crippen LogP contribution in [-0.2, 0) is 22.7 Å². The van der Waals surface area contributed by atoms with E-state index < -0.39 is 35.4 Å². The number of rotatable bonds is 6. The maximum Gasteiger partial charge on any atom is 0.433 e. The number of esters is 2. The number of carbonyl (C=O) groups excluding carboxylic acids is 3. The van der Waals surface area contributed by atoms with E-state index in [1.807, 2.05) is 0 Å². The molecule has 12 heteroatoms. The Labute approximate surface area is 167 Å². The number of carbonyl (C=O) groups is 3. The van der Waals surface area contributed by atoms with Crippen molar-refractivity contribution in [3.05, 3.63) is 33.5 Å². The quantitative estimate of drug-likeness (QED) is 0.701. The molecule has 1 N–H and O–H groups in total. The van der Waals surface area contributed by atoms with Crippen molar-refractivity contribution < 1.29 is 37.0 Å². The fourth-order valence-corrected chi connectivity index (χ4v) is 3.54. The number of aromatic nitrogens is 2. The van der Waals surface area contributed by atoms with Crippen LogP contribution < -0.4 is 5.32 Å². The fourth-order valence-electron chi connectivity index (χ4n) is 2.45. The SMILES string of the molecule is CCOC(=O)c1sc(NC(=O)c2cc(C(F)(F)F)n(C)n2)c(C(=O)OCC)c1C. The van der Waals surface area contributed by atoms with Crippen molar-refractivity contribution in [2.24, 2.45) is 7.05 Å². The lowest BCUT2D eigenvalue weighted by atomic mass is 10.1. The second-order valence-corrected chi connectivity index (χ2v) is 6.71. The van der Waals surface area contributed by atoms with Crippen molar-refractivity contribution >= 4 is 34.2 Å². The predicted octanol–water partition coefficient (Wildman–Crippen LogP) is 3.41. The van der Waals surface area contributed by atoms with Crippen LogP contribution in [0.15, 0.2) is 6.07 Å². The third-order valence-electron chi connectivity index (χ3n) is 3.72. The smallest absolute Gasteiger partial charge is 0.433 e. The lowest BCUT2D eigenvalue weighted by molar-refractivity contribution is -0.143. The molecule has 0 unspecified atom stereocenters. The van der Waals surface area contributed by atoms with Gasteiger partial charge in [0.15, 0.2) is 5.69 Å². The number of alkyl halides is 3. The first-order valence-electron chi connectivity index (χ1n) is 8.41. The first kappa shape index (κ1) is 22.4. The summed E-state index contributed by atoms with van der Waals surface area (Å²) < 4.78 is 49.2. The Morgan fingerprint density at radius 1 is 1.17 bits per heavy atom. The number of thiophene rings is 1.